The van der Waals surface area contributed by atoms with Crippen molar-refractivity contribution in [3.05, 3.63) is 66.4 Å². The molecule has 0 radical (unpaired) electrons. The topological polar surface area (TPSA) is 85.7 Å². The van der Waals surface area contributed by atoms with Crippen molar-refractivity contribution in [3.63, 3.8) is 0 Å². The lowest BCUT2D eigenvalue weighted by Crippen LogP contribution is -2.48. The summed E-state index contributed by atoms with van der Waals surface area (Å²) in [4.78, 5) is 8.59. The predicted octanol–water partition coefficient (Wildman–Crippen LogP) is 1.88. The van der Waals surface area contributed by atoms with E-state index in [0.717, 1.165) is 11.3 Å². The van der Waals surface area contributed by atoms with Crippen molar-refractivity contribution in [1.82, 2.24) is 9.21 Å². The van der Waals surface area contributed by atoms with Gasteiger partial charge in [-0.1, -0.05) is 18.2 Å². The second kappa shape index (κ2) is 9.09. The van der Waals surface area contributed by atoms with Gasteiger partial charge in [-0.2, -0.15) is 4.31 Å². The average Bonchev–Trinajstić information content (AvgIpc) is 2.97. The van der Waals surface area contributed by atoms with Crippen LogP contribution in [0.5, 0.6) is 5.75 Å². The smallest absolute Gasteiger partial charge is 0.243 e. The molecule has 0 aromatic heterocycles. The number of hydrogen-bond acceptors (Lipinski definition) is 7. The third-order valence-corrected chi connectivity index (χ3v) is 7.39. The van der Waals surface area contributed by atoms with Gasteiger partial charge >= 0.3 is 0 Å². The number of para-hydroxylation sites is 1. The summed E-state index contributed by atoms with van der Waals surface area (Å²) in [5.74, 6) is 0.585. The Balaban J connectivity index is 1.68. The first kappa shape index (κ1) is 21.4. The molecule has 8 nitrogen and oxygen atoms in total. The first-order valence-electron chi connectivity index (χ1n) is 10.0. The van der Waals surface area contributed by atoms with Crippen LogP contribution in [0.15, 0.2) is 70.7 Å². The molecule has 1 atom stereocenters. The van der Waals surface area contributed by atoms with Crippen molar-refractivity contribution in [1.29, 1.82) is 0 Å². The number of fused-ring (bicyclic) bond motifs is 1. The lowest BCUT2D eigenvalue weighted by molar-refractivity contribution is 0.186. The van der Waals surface area contributed by atoms with E-state index in [1.54, 1.807) is 18.3 Å². The fraction of sp³-hybridized carbons (Fsp3) is 0.318. The van der Waals surface area contributed by atoms with E-state index in [9.17, 15) is 13.5 Å². The van der Waals surface area contributed by atoms with Gasteiger partial charge in [-0.15, -0.1) is 0 Å². The molecule has 0 spiro atoms. The molecule has 0 saturated carbocycles. The number of nitrogens with zero attached hydrogens (tertiary/aromatic N) is 4. The normalized spacial score (nSPS) is 19.2. The van der Waals surface area contributed by atoms with Crippen LogP contribution in [-0.2, 0) is 16.6 Å². The van der Waals surface area contributed by atoms with E-state index in [0.29, 0.717) is 25.6 Å². The maximum atomic E-state index is 13.5. The van der Waals surface area contributed by atoms with Crippen LogP contribution in [0, 0.1) is 0 Å². The number of anilines is 1. The number of sulfonamides is 1. The lowest BCUT2D eigenvalue weighted by atomic mass is 10.1. The van der Waals surface area contributed by atoms with Gasteiger partial charge in [0.15, 0.2) is 0 Å². The summed E-state index contributed by atoms with van der Waals surface area (Å²) in [5, 5.41) is 10.2. The highest BCUT2D eigenvalue weighted by atomic mass is 32.2. The Labute approximate surface area is 182 Å². The van der Waals surface area contributed by atoms with Crippen LogP contribution in [0.25, 0.3) is 0 Å². The molecule has 0 amide bonds. The Morgan fingerprint density at radius 2 is 1.94 bits per heavy atom. The molecule has 164 valence electrons. The maximum absolute atomic E-state index is 13.5. The van der Waals surface area contributed by atoms with E-state index in [4.69, 9.17) is 4.74 Å². The highest BCUT2D eigenvalue weighted by Crippen LogP contribution is 2.31. The van der Waals surface area contributed by atoms with Crippen LogP contribution in [0.3, 0.4) is 0 Å². The molecule has 2 heterocycles. The molecule has 9 heteroatoms. The molecule has 2 aliphatic rings. The Morgan fingerprint density at radius 1 is 1.16 bits per heavy atom. The number of benzene rings is 2. The number of ether oxygens (including phenoxy) is 1. The number of aliphatic hydroxyl groups excluding tert-OH is 1. The molecule has 0 aliphatic carbocycles. The van der Waals surface area contributed by atoms with Crippen LogP contribution in [0.2, 0.25) is 0 Å². The van der Waals surface area contributed by atoms with E-state index in [1.165, 1.54) is 23.5 Å². The molecule has 0 saturated heterocycles. The second-order valence-corrected chi connectivity index (χ2v) is 9.35. The molecular formula is C22H26N4O4S. The summed E-state index contributed by atoms with van der Waals surface area (Å²) in [6.45, 7) is 1.33. The van der Waals surface area contributed by atoms with Crippen LogP contribution in [0.1, 0.15) is 5.56 Å². The highest BCUT2D eigenvalue weighted by molar-refractivity contribution is 7.89. The van der Waals surface area contributed by atoms with Crippen LogP contribution in [0.4, 0.5) is 5.69 Å². The standard InChI is InChI=1S/C22H26N4O4S/c1-30-20-7-9-21(10-8-20)31(28,29)26-13-18-5-2-3-6-22(18)25(14-19(26)15-27)17-24-12-4-11-23-16-24/h2-12,19,27H,13-17H2,1H3. The van der Waals surface area contributed by atoms with Gasteiger partial charge in [0.05, 0.1) is 31.3 Å². The van der Waals surface area contributed by atoms with E-state index < -0.39 is 16.1 Å². The van der Waals surface area contributed by atoms with Crippen molar-refractivity contribution in [2.24, 2.45) is 4.99 Å². The summed E-state index contributed by atoms with van der Waals surface area (Å²) in [7, 11) is -2.29. The first-order valence-corrected chi connectivity index (χ1v) is 11.5. The summed E-state index contributed by atoms with van der Waals surface area (Å²) in [6.07, 6.45) is 5.59. The second-order valence-electron chi connectivity index (χ2n) is 7.46. The summed E-state index contributed by atoms with van der Waals surface area (Å²) in [6, 6.07) is 13.5. The van der Waals surface area contributed by atoms with Gasteiger partial charge in [0.25, 0.3) is 0 Å². The van der Waals surface area contributed by atoms with Crippen LogP contribution >= 0.6 is 0 Å². The zero-order chi connectivity index (χ0) is 21.8. The number of allylic oxidation sites excluding steroid dienone is 1. The zero-order valence-electron chi connectivity index (χ0n) is 17.3. The molecular weight excluding hydrogens is 416 g/mol. The fourth-order valence-electron chi connectivity index (χ4n) is 3.87. The van der Waals surface area contributed by atoms with Crippen LogP contribution in [-0.4, -0.2) is 68.6 Å². The SMILES string of the molecule is COc1ccc(S(=O)(=O)N2Cc3ccccc3N(CN3C=CC=NC3)CC2CO)cc1. The van der Waals surface area contributed by atoms with E-state index in [-0.39, 0.29) is 18.0 Å². The minimum atomic E-state index is -3.83. The van der Waals surface area contributed by atoms with E-state index >= 15 is 0 Å². The Morgan fingerprint density at radius 3 is 2.61 bits per heavy atom. The highest BCUT2D eigenvalue weighted by Gasteiger charge is 2.36. The monoisotopic (exact) mass is 442 g/mol. The maximum Gasteiger partial charge on any atom is 0.243 e. The van der Waals surface area contributed by atoms with Gasteiger partial charge in [0.1, 0.15) is 12.4 Å². The van der Waals surface area contributed by atoms with E-state index in [1.807, 2.05) is 41.4 Å². The van der Waals surface area contributed by atoms with Gasteiger partial charge in [0.2, 0.25) is 10.0 Å². The average molecular weight is 443 g/mol. The number of hydrogen-bond donors (Lipinski definition) is 1. The summed E-state index contributed by atoms with van der Waals surface area (Å²) in [5.41, 5.74) is 1.84. The van der Waals surface area contributed by atoms with Crippen molar-refractivity contribution in [2.75, 3.05) is 38.5 Å². The summed E-state index contributed by atoms with van der Waals surface area (Å²) < 4.78 is 33.6. The Hall–Kier alpha value is -2.88. The quantitative estimate of drug-likeness (QED) is 0.735. The van der Waals surface area contributed by atoms with Crippen molar-refractivity contribution in [2.45, 2.75) is 17.5 Å². The largest absolute Gasteiger partial charge is 0.497 e. The Bertz CT molecular complexity index is 1070. The lowest BCUT2D eigenvalue weighted by Gasteiger charge is -2.34. The minimum Gasteiger partial charge on any atom is -0.497 e. The van der Waals surface area contributed by atoms with Crippen LogP contribution < -0.4 is 9.64 Å². The molecule has 0 fully saturated rings. The third kappa shape index (κ3) is 4.43. The number of aliphatic imine (C=N–C) groups is 1. The molecule has 4 rings (SSSR count). The molecule has 2 aromatic carbocycles. The molecule has 1 unspecified atom stereocenters. The third-order valence-electron chi connectivity index (χ3n) is 5.48. The predicted molar refractivity (Wildman–Crippen MR) is 120 cm³/mol. The molecule has 0 bridgehead atoms. The minimum absolute atomic E-state index is 0.172. The van der Waals surface area contributed by atoms with Gasteiger partial charge in [-0.25, -0.2) is 8.42 Å². The van der Waals surface area contributed by atoms with Crippen molar-refractivity contribution < 1.29 is 18.3 Å². The van der Waals surface area contributed by atoms with Gasteiger partial charge < -0.3 is 19.6 Å². The van der Waals surface area contributed by atoms with Crippen molar-refractivity contribution in [3.8, 4) is 5.75 Å². The zero-order valence-corrected chi connectivity index (χ0v) is 18.1. The number of methoxy groups -OCH3 is 1. The number of aliphatic hydroxyl groups is 1. The number of rotatable bonds is 6. The summed E-state index contributed by atoms with van der Waals surface area (Å²) >= 11 is 0. The first-order chi connectivity index (χ1) is 15.0. The Kier molecular flexibility index (Phi) is 6.26. The molecule has 2 aliphatic heterocycles. The van der Waals surface area contributed by atoms with Gasteiger partial charge in [-0.3, -0.25) is 4.99 Å². The van der Waals surface area contributed by atoms with Crippen molar-refractivity contribution >= 4 is 21.9 Å². The molecule has 2 aromatic rings. The van der Waals surface area contributed by atoms with Gasteiger partial charge in [0, 0.05) is 31.2 Å². The molecule has 1 N–H and O–H groups in total. The van der Waals surface area contributed by atoms with Gasteiger partial charge in [-0.05, 0) is 42.0 Å². The fourth-order valence-corrected chi connectivity index (χ4v) is 5.46. The molecule has 31 heavy (non-hydrogen) atoms. The van der Waals surface area contributed by atoms with E-state index in [2.05, 4.69) is 9.89 Å².